The molecule has 1 aromatic carbocycles. The Bertz CT molecular complexity index is 448. The number of amides is 1. The molecule has 1 amide bonds. The second kappa shape index (κ2) is 5.70. The summed E-state index contributed by atoms with van der Waals surface area (Å²) in [6.45, 7) is 1.35. The van der Waals surface area contributed by atoms with Crippen molar-refractivity contribution in [3.05, 3.63) is 23.8 Å². The van der Waals surface area contributed by atoms with Gasteiger partial charge in [0.15, 0.2) is 5.78 Å². The van der Waals surface area contributed by atoms with Crippen LogP contribution in [-0.4, -0.2) is 28.6 Å². The number of nitrogens with one attached hydrogen (secondary N) is 1. The lowest BCUT2D eigenvalue weighted by Gasteiger charge is -2.10. The number of nitrogens with two attached hydrogens (primary N) is 1. The molecule has 0 aromatic heterocycles. The van der Waals surface area contributed by atoms with Crippen molar-refractivity contribution in [3.63, 3.8) is 0 Å². The highest BCUT2D eigenvalue weighted by Gasteiger charge is 2.18. The van der Waals surface area contributed by atoms with Crippen LogP contribution in [0, 0.1) is 0 Å². The maximum atomic E-state index is 11.8. The van der Waals surface area contributed by atoms with E-state index in [4.69, 9.17) is 5.73 Å². The molecule has 1 rings (SSSR count). The fraction of sp³-hybridized carbons (Fsp3) is 0.273. The molecule has 1 atom stereocenters. The van der Waals surface area contributed by atoms with Crippen LogP contribution in [0.25, 0.3) is 0 Å². The lowest BCUT2D eigenvalue weighted by atomic mass is 10.0. The van der Waals surface area contributed by atoms with Crippen molar-refractivity contribution in [1.29, 1.82) is 0 Å². The standard InChI is InChI=1S/C11H14N2O3S/c1-6(14)13-7-2-3-10(15)8(4-7)11(16)9(12)5-17/h2-4,9,15,17H,5,12H2,1H3,(H,13,14). The van der Waals surface area contributed by atoms with Gasteiger partial charge in [-0.2, -0.15) is 12.6 Å². The molecule has 0 saturated heterocycles. The number of phenolic OH excluding ortho intramolecular Hbond substituents is 1. The quantitative estimate of drug-likeness (QED) is 0.363. The number of benzene rings is 1. The Hall–Kier alpha value is -1.53. The van der Waals surface area contributed by atoms with Crippen molar-refractivity contribution in [1.82, 2.24) is 0 Å². The van der Waals surface area contributed by atoms with Crippen molar-refractivity contribution in [2.24, 2.45) is 5.73 Å². The molecule has 0 fully saturated rings. The zero-order valence-electron chi connectivity index (χ0n) is 9.30. The first-order valence-electron chi connectivity index (χ1n) is 4.97. The number of thiol groups is 1. The number of anilines is 1. The van der Waals surface area contributed by atoms with Crippen LogP contribution in [0.1, 0.15) is 17.3 Å². The molecule has 0 bridgehead atoms. The largest absolute Gasteiger partial charge is 0.507 e. The van der Waals surface area contributed by atoms with Gasteiger partial charge in [-0.05, 0) is 18.2 Å². The maximum absolute atomic E-state index is 11.8. The lowest BCUT2D eigenvalue weighted by molar-refractivity contribution is -0.114. The molecule has 1 unspecified atom stereocenters. The lowest BCUT2D eigenvalue weighted by Crippen LogP contribution is -2.32. The van der Waals surface area contributed by atoms with Crippen LogP contribution in [0.4, 0.5) is 5.69 Å². The Morgan fingerprint density at radius 2 is 2.18 bits per heavy atom. The molecule has 0 heterocycles. The maximum Gasteiger partial charge on any atom is 0.221 e. The van der Waals surface area contributed by atoms with Crippen molar-refractivity contribution >= 4 is 30.0 Å². The molecule has 4 N–H and O–H groups in total. The molecule has 0 spiro atoms. The zero-order valence-corrected chi connectivity index (χ0v) is 10.2. The average Bonchev–Trinajstić information content (AvgIpc) is 2.29. The second-order valence-corrected chi connectivity index (χ2v) is 3.93. The van der Waals surface area contributed by atoms with E-state index in [2.05, 4.69) is 17.9 Å². The van der Waals surface area contributed by atoms with E-state index in [-0.39, 0.29) is 23.0 Å². The minimum atomic E-state index is -0.781. The molecule has 0 aliphatic heterocycles. The Labute approximate surface area is 104 Å². The Morgan fingerprint density at radius 1 is 1.53 bits per heavy atom. The molecule has 92 valence electrons. The van der Waals surface area contributed by atoms with Gasteiger partial charge in [0, 0.05) is 18.4 Å². The highest BCUT2D eigenvalue weighted by atomic mass is 32.1. The summed E-state index contributed by atoms with van der Waals surface area (Å²) >= 11 is 3.92. The van der Waals surface area contributed by atoms with E-state index in [0.29, 0.717) is 5.69 Å². The third-order valence-corrected chi connectivity index (χ3v) is 2.51. The summed E-state index contributed by atoms with van der Waals surface area (Å²) in [6, 6.07) is 3.45. The molecule has 0 radical (unpaired) electrons. The van der Waals surface area contributed by atoms with Gasteiger partial charge in [-0.1, -0.05) is 0 Å². The zero-order chi connectivity index (χ0) is 13.0. The van der Waals surface area contributed by atoms with E-state index in [9.17, 15) is 14.7 Å². The molecule has 5 nitrogen and oxygen atoms in total. The molecule has 0 saturated carbocycles. The predicted molar refractivity (Wildman–Crippen MR) is 68.6 cm³/mol. The highest BCUT2D eigenvalue weighted by molar-refractivity contribution is 7.80. The predicted octanol–water partition coefficient (Wildman–Crippen LogP) is 0.790. The third-order valence-electron chi connectivity index (χ3n) is 2.12. The number of aromatic hydroxyl groups is 1. The van der Waals surface area contributed by atoms with Crippen LogP contribution in [0.15, 0.2) is 18.2 Å². The number of hydrogen-bond donors (Lipinski definition) is 4. The molecule has 17 heavy (non-hydrogen) atoms. The van der Waals surface area contributed by atoms with Crippen LogP contribution < -0.4 is 11.1 Å². The van der Waals surface area contributed by atoms with Gasteiger partial charge in [0.1, 0.15) is 5.75 Å². The van der Waals surface area contributed by atoms with Crippen LogP contribution >= 0.6 is 12.6 Å². The number of Topliss-reactive ketones (excluding diaryl/α,β-unsaturated/α-hetero) is 1. The van der Waals surface area contributed by atoms with Crippen molar-refractivity contribution in [2.45, 2.75) is 13.0 Å². The van der Waals surface area contributed by atoms with Gasteiger partial charge >= 0.3 is 0 Å². The number of hydrogen-bond acceptors (Lipinski definition) is 5. The number of carbonyl (C=O) groups excluding carboxylic acids is 2. The average molecular weight is 254 g/mol. The Morgan fingerprint density at radius 3 is 2.71 bits per heavy atom. The Kier molecular flexibility index (Phi) is 4.53. The number of rotatable bonds is 4. The fourth-order valence-electron chi connectivity index (χ4n) is 1.30. The minimum absolute atomic E-state index is 0.0813. The van der Waals surface area contributed by atoms with Crippen molar-refractivity contribution in [3.8, 4) is 5.75 Å². The number of phenols is 1. The molecule has 6 heteroatoms. The summed E-state index contributed by atoms with van der Waals surface area (Å²) in [7, 11) is 0. The minimum Gasteiger partial charge on any atom is -0.507 e. The summed E-state index contributed by atoms with van der Waals surface area (Å²) in [5.74, 6) is -0.651. The summed E-state index contributed by atoms with van der Waals surface area (Å²) in [4.78, 5) is 22.7. The van der Waals surface area contributed by atoms with Gasteiger partial charge < -0.3 is 16.2 Å². The highest BCUT2D eigenvalue weighted by Crippen LogP contribution is 2.22. The van der Waals surface area contributed by atoms with Gasteiger partial charge in [-0.15, -0.1) is 0 Å². The molecular formula is C11H14N2O3S. The van der Waals surface area contributed by atoms with E-state index < -0.39 is 11.8 Å². The van der Waals surface area contributed by atoms with Crippen LogP contribution in [0.2, 0.25) is 0 Å². The van der Waals surface area contributed by atoms with Gasteiger partial charge in [0.25, 0.3) is 0 Å². The van der Waals surface area contributed by atoms with Gasteiger partial charge in [0.05, 0.1) is 11.6 Å². The first-order chi connectivity index (χ1) is 7.95. The van der Waals surface area contributed by atoms with Gasteiger partial charge in [0.2, 0.25) is 5.91 Å². The monoisotopic (exact) mass is 254 g/mol. The molecule has 0 aliphatic rings. The summed E-state index contributed by atoms with van der Waals surface area (Å²) < 4.78 is 0. The number of carbonyl (C=O) groups is 2. The summed E-state index contributed by atoms with van der Waals surface area (Å²) in [5, 5.41) is 12.1. The first kappa shape index (κ1) is 13.5. The summed E-state index contributed by atoms with van der Waals surface area (Å²) in [6.07, 6.45) is 0. The van der Waals surface area contributed by atoms with Crippen molar-refractivity contribution < 1.29 is 14.7 Å². The van der Waals surface area contributed by atoms with Crippen molar-refractivity contribution in [2.75, 3.05) is 11.1 Å². The van der Waals surface area contributed by atoms with E-state index in [0.717, 1.165) is 0 Å². The second-order valence-electron chi connectivity index (χ2n) is 3.57. The third kappa shape index (κ3) is 3.47. The molecular weight excluding hydrogens is 240 g/mol. The first-order valence-corrected chi connectivity index (χ1v) is 5.60. The van der Waals surface area contributed by atoms with E-state index in [1.54, 1.807) is 0 Å². The van der Waals surface area contributed by atoms with E-state index in [1.165, 1.54) is 25.1 Å². The van der Waals surface area contributed by atoms with Crippen LogP contribution in [0.5, 0.6) is 5.75 Å². The molecule has 1 aromatic rings. The van der Waals surface area contributed by atoms with Crippen LogP contribution in [0.3, 0.4) is 0 Å². The van der Waals surface area contributed by atoms with Crippen LogP contribution in [-0.2, 0) is 4.79 Å². The normalized spacial score (nSPS) is 11.9. The number of ketones is 1. The smallest absolute Gasteiger partial charge is 0.221 e. The molecule has 0 aliphatic carbocycles. The van der Waals surface area contributed by atoms with E-state index in [1.807, 2.05) is 0 Å². The topological polar surface area (TPSA) is 92.4 Å². The Balaban J connectivity index is 3.06. The van der Waals surface area contributed by atoms with Gasteiger partial charge in [-0.25, -0.2) is 0 Å². The SMILES string of the molecule is CC(=O)Nc1ccc(O)c(C(=O)C(N)CS)c1. The summed E-state index contributed by atoms with van der Waals surface area (Å²) in [5.41, 5.74) is 6.06. The fourth-order valence-corrected chi connectivity index (χ4v) is 1.46. The van der Waals surface area contributed by atoms with E-state index >= 15 is 0 Å². The van der Waals surface area contributed by atoms with Gasteiger partial charge in [-0.3, -0.25) is 9.59 Å².